The number of aromatic amines is 1. The van der Waals surface area contributed by atoms with Gasteiger partial charge in [0.25, 0.3) is 5.56 Å². The van der Waals surface area contributed by atoms with Crippen LogP contribution in [0.1, 0.15) is 40.0 Å². The minimum absolute atomic E-state index is 0.161. The Morgan fingerprint density at radius 3 is 2.55 bits per heavy atom. The second-order valence-electron chi connectivity index (χ2n) is 9.06. The molecule has 0 atom stereocenters. The maximum atomic E-state index is 12.6. The van der Waals surface area contributed by atoms with E-state index in [-0.39, 0.29) is 17.0 Å². The zero-order chi connectivity index (χ0) is 20.6. The van der Waals surface area contributed by atoms with Crippen molar-refractivity contribution in [1.29, 1.82) is 0 Å². The number of carbonyl (C=O) groups is 1. The molecule has 29 heavy (non-hydrogen) atoms. The summed E-state index contributed by atoms with van der Waals surface area (Å²) in [6, 6.07) is 0. The molecular weight excluding hydrogens is 370 g/mol. The van der Waals surface area contributed by atoms with Crippen molar-refractivity contribution >= 4 is 22.9 Å². The summed E-state index contributed by atoms with van der Waals surface area (Å²) >= 11 is 0. The van der Waals surface area contributed by atoms with Crippen LogP contribution in [0.3, 0.4) is 0 Å². The predicted molar refractivity (Wildman–Crippen MR) is 112 cm³/mol. The topological polar surface area (TPSA) is 90.4 Å². The van der Waals surface area contributed by atoms with Gasteiger partial charge >= 0.3 is 0 Å². The first kappa shape index (κ1) is 19.9. The Labute approximate surface area is 170 Å². The lowest BCUT2D eigenvalue weighted by Crippen LogP contribution is -2.40. The summed E-state index contributed by atoms with van der Waals surface area (Å²) in [6.45, 7) is 11.6. The van der Waals surface area contributed by atoms with E-state index in [1.54, 1.807) is 10.9 Å². The lowest BCUT2D eigenvalue weighted by molar-refractivity contribution is -0.131. The Hall–Kier alpha value is -2.42. The molecule has 1 N–H and O–H groups in total. The summed E-state index contributed by atoms with van der Waals surface area (Å²) in [7, 11) is 0. The fourth-order valence-corrected chi connectivity index (χ4v) is 4.15. The molecule has 0 aromatic carbocycles. The second-order valence-corrected chi connectivity index (χ2v) is 9.06. The Kier molecular flexibility index (Phi) is 5.33. The molecule has 2 aromatic rings. The van der Waals surface area contributed by atoms with E-state index >= 15 is 0 Å². The summed E-state index contributed by atoms with van der Waals surface area (Å²) in [5, 5.41) is 4.89. The van der Waals surface area contributed by atoms with Crippen molar-refractivity contribution in [2.75, 3.05) is 50.7 Å². The number of nitrogens with zero attached hydrogens (tertiary/aromatic N) is 6. The third-order valence-corrected chi connectivity index (χ3v) is 5.77. The average molecular weight is 402 g/mol. The summed E-state index contributed by atoms with van der Waals surface area (Å²) in [6.07, 6.45) is 4.75. The zero-order valence-electron chi connectivity index (χ0n) is 17.6. The molecule has 2 saturated heterocycles. The van der Waals surface area contributed by atoms with Crippen LogP contribution in [-0.4, -0.2) is 81.3 Å². The van der Waals surface area contributed by atoms with Gasteiger partial charge in [0.15, 0.2) is 5.65 Å². The second kappa shape index (κ2) is 7.78. The fourth-order valence-electron chi connectivity index (χ4n) is 4.15. The molecule has 4 rings (SSSR count). The van der Waals surface area contributed by atoms with Gasteiger partial charge in [0.2, 0.25) is 11.9 Å². The minimum atomic E-state index is -0.259. The molecule has 9 heteroatoms. The number of aromatic nitrogens is 4. The van der Waals surface area contributed by atoms with E-state index in [0.29, 0.717) is 23.5 Å². The van der Waals surface area contributed by atoms with Crippen molar-refractivity contribution in [2.45, 2.75) is 45.6 Å². The van der Waals surface area contributed by atoms with E-state index in [2.05, 4.69) is 19.9 Å². The van der Waals surface area contributed by atoms with Crippen LogP contribution in [0, 0.1) is 0 Å². The summed E-state index contributed by atoms with van der Waals surface area (Å²) < 4.78 is 1.81. The monoisotopic (exact) mass is 401 g/mol. The average Bonchev–Trinajstić information content (AvgIpc) is 3.28. The quantitative estimate of drug-likeness (QED) is 0.826. The van der Waals surface area contributed by atoms with E-state index < -0.39 is 0 Å². The van der Waals surface area contributed by atoms with Gasteiger partial charge in [0.05, 0.1) is 18.3 Å². The standard InChI is InChI=1S/C20H31N7O2/c1-20(2,3)27-17-15(13-21-27)18(29)23-19(22-17)26-10-6-7-24(11-12-26)14-16(28)25-8-4-5-9-25/h13H,4-12,14H2,1-3H3,(H,22,23,29). The highest BCUT2D eigenvalue weighted by atomic mass is 16.2. The van der Waals surface area contributed by atoms with Crippen LogP contribution < -0.4 is 10.5 Å². The third-order valence-electron chi connectivity index (χ3n) is 5.77. The van der Waals surface area contributed by atoms with E-state index in [1.807, 2.05) is 25.7 Å². The Morgan fingerprint density at radius 2 is 1.83 bits per heavy atom. The molecule has 158 valence electrons. The molecule has 4 heterocycles. The van der Waals surface area contributed by atoms with Gasteiger partial charge in [0, 0.05) is 39.3 Å². The van der Waals surface area contributed by atoms with Crippen molar-refractivity contribution in [1.82, 2.24) is 29.5 Å². The number of hydrogen-bond donors (Lipinski definition) is 1. The predicted octanol–water partition coefficient (Wildman–Crippen LogP) is 1.01. The molecule has 2 aliphatic heterocycles. The first-order valence-corrected chi connectivity index (χ1v) is 10.6. The van der Waals surface area contributed by atoms with Gasteiger partial charge in [-0.05, 0) is 40.0 Å². The van der Waals surface area contributed by atoms with Crippen molar-refractivity contribution in [3.8, 4) is 0 Å². The van der Waals surface area contributed by atoms with Gasteiger partial charge in [-0.25, -0.2) is 4.68 Å². The lowest BCUT2D eigenvalue weighted by Gasteiger charge is -2.24. The Morgan fingerprint density at radius 1 is 1.07 bits per heavy atom. The highest BCUT2D eigenvalue weighted by molar-refractivity contribution is 5.78. The van der Waals surface area contributed by atoms with Gasteiger partial charge in [-0.1, -0.05) is 0 Å². The van der Waals surface area contributed by atoms with E-state index in [9.17, 15) is 9.59 Å². The van der Waals surface area contributed by atoms with Crippen LogP contribution in [0.5, 0.6) is 0 Å². The Balaban J connectivity index is 1.49. The van der Waals surface area contributed by atoms with E-state index in [4.69, 9.17) is 4.98 Å². The zero-order valence-corrected chi connectivity index (χ0v) is 17.6. The molecular formula is C20H31N7O2. The molecule has 0 radical (unpaired) electrons. The van der Waals surface area contributed by atoms with Gasteiger partial charge in [-0.2, -0.15) is 10.1 Å². The summed E-state index contributed by atoms with van der Waals surface area (Å²) in [5.41, 5.74) is 0.193. The number of rotatable bonds is 3. The van der Waals surface area contributed by atoms with Crippen molar-refractivity contribution in [3.63, 3.8) is 0 Å². The largest absolute Gasteiger partial charge is 0.342 e. The van der Waals surface area contributed by atoms with Crippen LogP contribution in [-0.2, 0) is 10.3 Å². The number of likely N-dealkylation sites (tertiary alicyclic amines) is 1. The number of hydrogen-bond acceptors (Lipinski definition) is 6. The number of fused-ring (bicyclic) bond motifs is 1. The molecule has 2 aromatic heterocycles. The van der Waals surface area contributed by atoms with Gasteiger partial charge < -0.3 is 9.80 Å². The molecule has 9 nitrogen and oxygen atoms in total. The maximum Gasteiger partial charge on any atom is 0.263 e. The van der Waals surface area contributed by atoms with Crippen LogP contribution in [0.25, 0.3) is 11.0 Å². The first-order chi connectivity index (χ1) is 13.8. The molecule has 2 fully saturated rings. The number of amides is 1. The van der Waals surface area contributed by atoms with E-state index in [0.717, 1.165) is 58.5 Å². The lowest BCUT2D eigenvalue weighted by atomic mass is 10.1. The van der Waals surface area contributed by atoms with Crippen molar-refractivity contribution in [3.05, 3.63) is 16.6 Å². The molecule has 1 amide bonds. The van der Waals surface area contributed by atoms with Gasteiger partial charge in [0.1, 0.15) is 5.39 Å². The number of nitrogens with one attached hydrogen (secondary N) is 1. The SMILES string of the molecule is CC(C)(C)n1ncc2c(=O)[nH]c(N3CCCN(CC(=O)N4CCCC4)CC3)nc21. The Bertz CT molecular complexity index is 936. The number of carbonyl (C=O) groups excluding carboxylic acids is 1. The number of anilines is 1. The van der Waals surface area contributed by atoms with Crippen LogP contribution in [0.2, 0.25) is 0 Å². The van der Waals surface area contributed by atoms with Crippen LogP contribution in [0.4, 0.5) is 5.95 Å². The molecule has 0 aliphatic carbocycles. The first-order valence-electron chi connectivity index (χ1n) is 10.6. The molecule has 2 aliphatic rings. The van der Waals surface area contributed by atoms with Gasteiger partial charge in [-0.15, -0.1) is 0 Å². The normalized spacial score (nSPS) is 19.1. The smallest absolute Gasteiger partial charge is 0.263 e. The highest BCUT2D eigenvalue weighted by Gasteiger charge is 2.24. The number of H-pyrrole nitrogens is 1. The van der Waals surface area contributed by atoms with Gasteiger partial charge in [-0.3, -0.25) is 19.5 Å². The summed E-state index contributed by atoms with van der Waals surface area (Å²) in [5.74, 6) is 0.819. The molecule has 0 bridgehead atoms. The van der Waals surface area contributed by atoms with Crippen molar-refractivity contribution in [2.24, 2.45) is 0 Å². The third kappa shape index (κ3) is 4.14. The maximum absolute atomic E-state index is 12.6. The summed E-state index contributed by atoms with van der Waals surface area (Å²) in [4.78, 5) is 39.0. The molecule has 0 unspecified atom stereocenters. The van der Waals surface area contributed by atoms with Crippen LogP contribution in [0.15, 0.2) is 11.0 Å². The molecule has 0 saturated carbocycles. The fraction of sp³-hybridized carbons (Fsp3) is 0.700. The van der Waals surface area contributed by atoms with E-state index in [1.165, 1.54) is 0 Å². The van der Waals surface area contributed by atoms with Crippen molar-refractivity contribution < 1.29 is 4.79 Å². The minimum Gasteiger partial charge on any atom is -0.342 e. The highest BCUT2D eigenvalue weighted by Crippen LogP contribution is 2.20. The molecule has 0 spiro atoms. The van der Waals surface area contributed by atoms with Crippen LogP contribution >= 0.6 is 0 Å².